The lowest BCUT2D eigenvalue weighted by Crippen LogP contribution is -2.27. The Morgan fingerprint density at radius 3 is 1.41 bits per heavy atom. The normalized spacial score (nSPS) is 22.0. The van der Waals surface area contributed by atoms with Crippen molar-refractivity contribution in [3.63, 3.8) is 0 Å². The summed E-state index contributed by atoms with van der Waals surface area (Å²) in [5.41, 5.74) is 7.37. The number of unbranched alkanes of at least 4 members (excludes halogenated alkanes) is 2. The van der Waals surface area contributed by atoms with E-state index in [0.717, 1.165) is 40.3 Å². The van der Waals surface area contributed by atoms with Gasteiger partial charge in [-0.05, 0) is 91.5 Å². The lowest BCUT2D eigenvalue weighted by molar-refractivity contribution is -0.113. The van der Waals surface area contributed by atoms with Crippen LogP contribution in [0, 0.1) is 0 Å². The van der Waals surface area contributed by atoms with Gasteiger partial charge in [-0.3, -0.25) is 13.9 Å². The molecule has 0 aromatic heterocycles. The molecule has 1 saturated carbocycles. The van der Waals surface area contributed by atoms with E-state index in [-0.39, 0.29) is 28.1 Å². The molecule has 0 spiro atoms. The molecule has 2 aliphatic heterocycles. The number of carbonyl (C=O) groups is 1. The fraction of sp³-hybridized carbons (Fsp3) is 0.447. The van der Waals surface area contributed by atoms with Gasteiger partial charge < -0.3 is 9.80 Å². The zero-order valence-electron chi connectivity index (χ0n) is 28.9. The van der Waals surface area contributed by atoms with E-state index in [2.05, 4.69) is 61.8 Å². The van der Waals surface area contributed by atoms with E-state index in [9.17, 15) is 30.7 Å². The Bertz CT molecular complexity index is 1800. The van der Waals surface area contributed by atoms with Crippen LogP contribution in [0.2, 0.25) is 0 Å². The Balaban J connectivity index is 1.40. The molecule has 49 heavy (non-hydrogen) atoms. The molecule has 0 radical (unpaired) electrons. The van der Waals surface area contributed by atoms with E-state index in [1.54, 1.807) is 0 Å². The fourth-order valence-corrected chi connectivity index (χ4v) is 8.59. The maximum atomic E-state index is 13.9. The molecule has 11 heteroatoms. The van der Waals surface area contributed by atoms with Crippen LogP contribution >= 0.6 is 0 Å². The molecule has 2 heterocycles. The number of ketones is 1. The van der Waals surface area contributed by atoms with Crippen LogP contribution in [0.5, 0.6) is 0 Å². The molecule has 1 fully saturated rings. The SMILES string of the molecule is CC1(C)C(=CC=C2CCC/C(=C\C=C3\N(CCCCS(=O)(=O)O)c4ccccc4C3(C)C)C2=O)N(CCCCS(=O)(=O)O)c2ccccc21. The topological polar surface area (TPSA) is 132 Å². The molecule has 5 rings (SSSR count). The van der Waals surface area contributed by atoms with Crippen LogP contribution < -0.4 is 9.80 Å². The Labute approximate surface area is 291 Å². The van der Waals surface area contributed by atoms with Crippen molar-refractivity contribution in [2.24, 2.45) is 0 Å². The minimum absolute atomic E-state index is 0.0287. The summed E-state index contributed by atoms with van der Waals surface area (Å²) in [6.07, 6.45) is 12.0. The number of anilines is 2. The maximum absolute atomic E-state index is 13.9. The molecule has 0 saturated heterocycles. The Kier molecular flexibility index (Phi) is 10.8. The number of hydrogen-bond donors (Lipinski definition) is 2. The summed E-state index contributed by atoms with van der Waals surface area (Å²) in [5, 5.41) is 0. The molecule has 0 bridgehead atoms. The smallest absolute Gasteiger partial charge is 0.264 e. The van der Waals surface area contributed by atoms with Gasteiger partial charge in [0.25, 0.3) is 20.2 Å². The van der Waals surface area contributed by atoms with Crippen molar-refractivity contribution in [3.8, 4) is 0 Å². The number of benzene rings is 2. The van der Waals surface area contributed by atoms with Gasteiger partial charge >= 0.3 is 0 Å². The van der Waals surface area contributed by atoms with Gasteiger partial charge in [-0.25, -0.2) is 0 Å². The van der Waals surface area contributed by atoms with E-state index < -0.39 is 20.2 Å². The summed E-state index contributed by atoms with van der Waals surface area (Å²) in [5.74, 6) is -0.519. The van der Waals surface area contributed by atoms with Crippen LogP contribution in [-0.2, 0) is 35.9 Å². The molecule has 2 N–H and O–H groups in total. The second-order valence-corrected chi connectivity index (χ2v) is 17.4. The number of carbonyl (C=O) groups excluding carboxylic acids is 1. The van der Waals surface area contributed by atoms with Gasteiger partial charge in [-0.1, -0.05) is 76.2 Å². The van der Waals surface area contributed by atoms with Crippen molar-refractivity contribution in [3.05, 3.63) is 107 Å². The standard InChI is InChI=1S/C38H48N2O7S2/c1-37(2)30-16-5-7-18-32(30)39(24-9-11-26-48(42,43)44)34(37)22-20-28-14-13-15-29(36(28)41)21-23-35-38(3,4)31-17-6-8-19-33(31)40(35)25-10-12-27-49(45,46)47/h5-8,16-23H,9-15,24-27H2,1-4H3,(H,42,43,44)(H,45,46,47)/b28-20+,29-21?,34-22+,35-23?. The summed E-state index contributed by atoms with van der Waals surface area (Å²) in [6, 6.07) is 16.3. The molecular formula is C38H48N2O7S2. The summed E-state index contributed by atoms with van der Waals surface area (Å²) in [6.45, 7) is 9.80. The number of hydrogen-bond acceptors (Lipinski definition) is 7. The van der Waals surface area contributed by atoms with Crippen molar-refractivity contribution in [2.75, 3.05) is 34.4 Å². The van der Waals surface area contributed by atoms with Crippen LogP contribution in [0.1, 0.15) is 83.8 Å². The molecule has 2 aromatic rings. The van der Waals surface area contributed by atoms with Crippen LogP contribution in [0.3, 0.4) is 0 Å². The second kappa shape index (κ2) is 14.4. The first-order chi connectivity index (χ1) is 23.0. The van der Waals surface area contributed by atoms with Crippen molar-refractivity contribution < 1.29 is 30.7 Å². The van der Waals surface area contributed by atoms with Crippen molar-refractivity contribution >= 4 is 37.4 Å². The third kappa shape index (κ3) is 8.28. The van der Waals surface area contributed by atoms with Gasteiger partial charge in [0.1, 0.15) is 0 Å². The van der Waals surface area contributed by atoms with Crippen molar-refractivity contribution in [2.45, 2.75) is 83.5 Å². The molecule has 9 nitrogen and oxygen atoms in total. The Morgan fingerprint density at radius 2 is 1.02 bits per heavy atom. The highest BCUT2D eigenvalue weighted by molar-refractivity contribution is 7.86. The highest BCUT2D eigenvalue weighted by Gasteiger charge is 2.40. The highest BCUT2D eigenvalue weighted by Crippen LogP contribution is 2.49. The average Bonchev–Trinajstić information content (AvgIpc) is 3.37. The van der Waals surface area contributed by atoms with E-state index in [0.29, 0.717) is 51.6 Å². The van der Waals surface area contributed by atoms with Gasteiger partial charge in [0.2, 0.25) is 0 Å². The van der Waals surface area contributed by atoms with Gasteiger partial charge in [0.15, 0.2) is 5.78 Å². The molecule has 2 aromatic carbocycles. The number of Topliss-reactive ketones (excluding diaryl/α,β-unsaturated/α-hetero) is 1. The third-order valence-electron chi connectivity index (χ3n) is 10.0. The Hall–Kier alpha value is -3.51. The van der Waals surface area contributed by atoms with Crippen LogP contribution in [0.15, 0.2) is 95.4 Å². The van der Waals surface area contributed by atoms with Crippen molar-refractivity contribution in [1.29, 1.82) is 0 Å². The van der Waals surface area contributed by atoms with Gasteiger partial charge in [-0.2, -0.15) is 16.8 Å². The molecule has 0 unspecified atom stereocenters. The average molecular weight is 709 g/mol. The first-order valence-electron chi connectivity index (χ1n) is 17.0. The summed E-state index contributed by atoms with van der Waals surface area (Å²) < 4.78 is 63.5. The third-order valence-corrected chi connectivity index (χ3v) is 11.6. The zero-order valence-corrected chi connectivity index (χ0v) is 30.5. The molecule has 0 amide bonds. The number of fused-ring (bicyclic) bond motifs is 2. The second-order valence-electron chi connectivity index (χ2n) is 14.2. The van der Waals surface area contributed by atoms with E-state index in [1.165, 1.54) is 11.1 Å². The van der Waals surface area contributed by atoms with Crippen LogP contribution in [0.4, 0.5) is 11.4 Å². The van der Waals surface area contributed by atoms with Gasteiger partial charge in [-0.15, -0.1) is 0 Å². The highest BCUT2D eigenvalue weighted by atomic mass is 32.2. The van der Waals surface area contributed by atoms with Crippen LogP contribution in [-0.4, -0.2) is 56.3 Å². The number of nitrogens with zero attached hydrogens (tertiary/aromatic N) is 2. The van der Waals surface area contributed by atoms with E-state index in [4.69, 9.17) is 0 Å². The number of para-hydroxylation sites is 2. The molecular weight excluding hydrogens is 661 g/mol. The van der Waals surface area contributed by atoms with Gasteiger partial charge in [0.05, 0.1) is 11.5 Å². The first kappa shape index (κ1) is 36.8. The lowest BCUT2D eigenvalue weighted by atomic mass is 9.82. The first-order valence-corrected chi connectivity index (χ1v) is 20.2. The lowest BCUT2D eigenvalue weighted by Gasteiger charge is -2.27. The van der Waals surface area contributed by atoms with Gasteiger partial charge in [0, 0.05) is 46.7 Å². The Morgan fingerprint density at radius 1 is 0.633 bits per heavy atom. The largest absolute Gasteiger partial charge is 0.344 e. The van der Waals surface area contributed by atoms with E-state index in [1.807, 2.05) is 48.6 Å². The maximum Gasteiger partial charge on any atom is 0.264 e. The zero-order chi connectivity index (χ0) is 35.6. The fourth-order valence-electron chi connectivity index (χ4n) is 7.45. The van der Waals surface area contributed by atoms with Crippen LogP contribution in [0.25, 0.3) is 0 Å². The summed E-state index contributed by atoms with van der Waals surface area (Å²) in [4.78, 5) is 18.3. The van der Waals surface area contributed by atoms with Crippen molar-refractivity contribution in [1.82, 2.24) is 0 Å². The number of allylic oxidation sites excluding steroid dienone is 8. The molecule has 264 valence electrons. The minimum Gasteiger partial charge on any atom is -0.344 e. The molecule has 1 aliphatic carbocycles. The monoisotopic (exact) mass is 708 g/mol. The van der Waals surface area contributed by atoms with E-state index >= 15 is 0 Å². The minimum atomic E-state index is -4.02. The summed E-state index contributed by atoms with van der Waals surface area (Å²) in [7, 11) is -8.04. The predicted octanol–water partition coefficient (Wildman–Crippen LogP) is 7.29. The molecule has 0 atom stereocenters. The quantitative estimate of drug-likeness (QED) is 0.133. The number of rotatable bonds is 12. The predicted molar refractivity (Wildman–Crippen MR) is 196 cm³/mol. The molecule has 3 aliphatic rings. The summed E-state index contributed by atoms with van der Waals surface area (Å²) >= 11 is 0.